The average Bonchev–Trinajstić information content (AvgIpc) is 2.62. The highest BCUT2D eigenvalue weighted by atomic mass is 16.1. The van der Waals surface area contributed by atoms with E-state index in [0.717, 1.165) is 18.5 Å². The van der Waals surface area contributed by atoms with Gasteiger partial charge in [0.15, 0.2) is 0 Å². The molecule has 0 aliphatic heterocycles. The van der Waals surface area contributed by atoms with Crippen molar-refractivity contribution in [1.82, 2.24) is 15.3 Å². The van der Waals surface area contributed by atoms with Crippen molar-refractivity contribution >= 4 is 17.4 Å². The molecule has 1 aromatic carbocycles. The third kappa shape index (κ3) is 4.81. The minimum Gasteiger partial charge on any atom is -0.348 e. The summed E-state index contributed by atoms with van der Waals surface area (Å²) in [6.45, 7) is 6.16. The first-order chi connectivity index (χ1) is 12.5. The number of aromatic nitrogens is 2. The van der Waals surface area contributed by atoms with Crippen LogP contribution in [0, 0.1) is 6.92 Å². The van der Waals surface area contributed by atoms with Crippen molar-refractivity contribution in [3.8, 4) is 0 Å². The van der Waals surface area contributed by atoms with E-state index in [1.54, 1.807) is 6.07 Å². The minimum absolute atomic E-state index is 0.111. The summed E-state index contributed by atoms with van der Waals surface area (Å²) in [6.07, 6.45) is 5.76. The van der Waals surface area contributed by atoms with Crippen molar-refractivity contribution < 1.29 is 4.79 Å². The molecule has 3 rings (SSSR count). The molecule has 5 heteroatoms. The Labute approximate surface area is 155 Å². The van der Waals surface area contributed by atoms with E-state index in [-0.39, 0.29) is 11.9 Å². The summed E-state index contributed by atoms with van der Waals surface area (Å²) in [4.78, 5) is 21.3. The Kier molecular flexibility index (Phi) is 5.86. The number of nitrogens with one attached hydrogen (secondary N) is 2. The Hall–Kier alpha value is -2.43. The van der Waals surface area contributed by atoms with Gasteiger partial charge in [-0.25, -0.2) is 9.97 Å². The first kappa shape index (κ1) is 18.4. The lowest BCUT2D eigenvalue weighted by molar-refractivity contribution is 0.0922. The molecule has 1 heterocycles. The molecule has 0 bridgehead atoms. The van der Waals surface area contributed by atoms with Gasteiger partial charge in [-0.15, -0.1) is 0 Å². The standard InChI is InChI=1S/C21H28N4O/c1-14(2)16-9-11-18(12-10-16)24-20-13-19(22-15(3)23-20)21(26)25-17-7-5-4-6-8-17/h9-14,17H,4-8H2,1-3H3,(H,25,26)(H,22,23,24). The smallest absolute Gasteiger partial charge is 0.270 e. The van der Waals surface area contributed by atoms with E-state index in [4.69, 9.17) is 0 Å². The van der Waals surface area contributed by atoms with Crippen LogP contribution in [0.25, 0.3) is 0 Å². The molecule has 0 radical (unpaired) electrons. The largest absolute Gasteiger partial charge is 0.348 e. The van der Waals surface area contributed by atoms with Crippen LogP contribution in [-0.4, -0.2) is 21.9 Å². The van der Waals surface area contributed by atoms with Crippen LogP contribution in [0.1, 0.15) is 73.7 Å². The molecule has 2 aromatic rings. The Balaban J connectivity index is 1.71. The van der Waals surface area contributed by atoms with Crippen LogP contribution in [-0.2, 0) is 0 Å². The van der Waals surface area contributed by atoms with E-state index in [1.165, 1.54) is 24.8 Å². The van der Waals surface area contributed by atoms with E-state index in [2.05, 4.69) is 46.6 Å². The molecule has 2 N–H and O–H groups in total. The predicted octanol–water partition coefficient (Wildman–Crippen LogP) is 4.71. The third-order valence-electron chi connectivity index (χ3n) is 4.86. The van der Waals surface area contributed by atoms with E-state index >= 15 is 0 Å². The molecule has 1 amide bonds. The van der Waals surface area contributed by atoms with Gasteiger partial charge >= 0.3 is 0 Å². The van der Waals surface area contributed by atoms with Gasteiger partial charge < -0.3 is 10.6 Å². The Bertz CT molecular complexity index is 749. The van der Waals surface area contributed by atoms with E-state index in [1.807, 2.05) is 19.1 Å². The second kappa shape index (κ2) is 8.30. The molecule has 0 saturated heterocycles. The molecule has 138 valence electrons. The lowest BCUT2D eigenvalue weighted by Crippen LogP contribution is -2.36. The van der Waals surface area contributed by atoms with E-state index in [0.29, 0.717) is 23.3 Å². The van der Waals surface area contributed by atoms with Crippen LogP contribution in [0.4, 0.5) is 11.5 Å². The number of anilines is 2. The number of carbonyl (C=O) groups is 1. The van der Waals surface area contributed by atoms with Crippen LogP contribution in [0.15, 0.2) is 30.3 Å². The van der Waals surface area contributed by atoms with Gasteiger partial charge in [0, 0.05) is 17.8 Å². The molecule has 1 aliphatic carbocycles. The second-order valence-electron chi connectivity index (χ2n) is 7.40. The first-order valence-electron chi connectivity index (χ1n) is 9.55. The number of amides is 1. The fourth-order valence-corrected chi connectivity index (χ4v) is 3.35. The zero-order valence-electron chi connectivity index (χ0n) is 15.9. The maximum atomic E-state index is 12.6. The summed E-state index contributed by atoms with van der Waals surface area (Å²) in [6, 6.07) is 10.3. The fraction of sp³-hybridized carbons (Fsp3) is 0.476. The van der Waals surface area contributed by atoms with Crippen LogP contribution >= 0.6 is 0 Å². The van der Waals surface area contributed by atoms with Gasteiger partial charge in [0.1, 0.15) is 17.3 Å². The predicted molar refractivity (Wildman–Crippen MR) is 105 cm³/mol. The Morgan fingerprint density at radius 3 is 2.42 bits per heavy atom. The molecular weight excluding hydrogens is 324 g/mol. The highest BCUT2D eigenvalue weighted by Crippen LogP contribution is 2.21. The molecule has 26 heavy (non-hydrogen) atoms. The average molecular weight is 352 g/mol. The van der Waals surface area contributed by atoms with Crippen molar-refractivity contribution in [2.24, 2.45) is 0 Å². The number of nitrogens with zero attached hydrogens (tertiary/aromatic N) is 2. The summed E-state index contributed by atoms with van der Waals surface area (Å²) < 4.78 is 0. The second-order valence-corrected chi connectivity index (χ2v) is 7.40. The number of rotatable bonds is 5. The summed E-state index contributed by atoms with van der Waals surface area (Å²) in [5.74, 6) is 1.62. The van der Waals surface area contributed by atoms with Crippen LogP contribution in [0.2, 0.25) is 0 Å². The normalized spacial score (nSPS) is 15.1. The molecule has 1 aliphatic rings. The molecule has 1 fully saturated rings. The minimum atomic E-state index is -0.111. The van der Waals surface area contributed by atoms with Gasteiger partial charge in [-0.1, -0.05) is 45.2 Å². The number of hydrogen-bond donors (Lipinski definition) is 2. The molecule has 0 spiro atoms. The number of hydrogen-bond acceptors (Lipinski definition) is 4. The number of benzene rings is 1. The van der Waals surface area contributed by atoms with Crippen molar-refractivity contribution in [3.63, 3.8) is 0 Å². The van der Waals surface area contributed by atoms with Crippen molar-refractivity contribution in [1.29, 1.82) is 0 Å². The highest BCUT2D eigenvalue weighted by molar-refractivity contribution is 5.93. The molecule has 5 nitrogen and oxygen atoms in total. The maximum Gasteiger partial charge on any atom is 0.270 e. The van der Waals surface area contributed by atoms with Gasteiger partial charge in [-0.3, -0.25) is 4.79 Å². The highest BCUT2D eigenvalue weighted by Gasteiger charge is 2.18. The van der Waals surface area contributed by atoms with Crippen LogP contribution in [0.3, 0.4) is 0 Å². The molecule has 0 unspecified atom stereocenters. The first-order valence-corrected chi connectivity index (χ1v) is 9.55. The van der Waals surface area contributed by atoms with Crippen molar-refractivity contribution in [2.75, 3.05) is 5.32 Å². The summed E-state index contributed by atoms with van der Waals surface area (Å²) in [5.41, 5.74) is 2.66. The van der Waals surface area contributed by atoms with Crippen LogP contribution in [0.5, 0.6) is 0 Å². The monoisotopic (exact) mass is 352 g/mol. The lowest BCUT2D eigenvalue weighted by atomic mass is 9.95. The maximum absolute atomic E-state index is 12.6. The molecule has 1 saturated carbocycles. The summed E-state index contributed by atoms with van der Waals surface area (Å²) in [7, 11) is 0. The fourth-order valence-electron chi connectivity index (χ4n) is 3.35. The number of aryl methyl sites for hydroxylation is 1. The third-order valence-corrected chi connectivity index (χ3v) is 4.86. The SMILES string of the molecule is Cc1nc(Nc2ccc(C(C)C)cc2)cc(C(=O)NC2CCCCC2)n1. The lowest BCUT2D eigenvalue weighted by Gasteiger charge is -2.22. The summed E-state index contributed by atoms with van der Waals surface area (Å²) >= 11 is 0. The van der Waals surface area contributed by atoms with Gasteiger partial charge in [0.25, 0.3) is 5.91 Å². The zero-order chi connectivity index (χ0) is 18.5. The van der Waals surface area contributed by atoms with Crippen molar-refractivity contribution in [2.45, 2.75) is 64.8 Å². The van der Waals surface area contributed by atoms with Crippen molar-refractivity contribution in [3.05, 3.63) is 47.4 Å². The van der Waals surface area contributed by atoms with Gasteiger partial charge in [0.2, 0.25) is 0 Å². The zero-order valence-corrected chi connectivity index (χ0v) is 15.9. The van der Waals surface area contributed by atoms with E-state index < -0.39 is 0 Å². The Morgan fingerprint density at radius 2 is 1.77 bits per heavy atom. The molecule has 0 atom stereocenters. The number of carbonyl (C=O) groups excluding carboxylic acids is 1. The van der Waals surface area contributed by atoms with E-state index in [9.17, 15) is 4.79 Å². The molecular formula is C21H28N4O. The van der Waals surface area contributed by atoms with Crippen LogP contribution < -0.4 is 10.6 Å². The topological polar surface area (TPSA) is 66.9 Å². The molecule has 1 aromatic heterocycles. The van der Waals surface area contributed by atoms with Gasteiger partial charge in [-0.2, -0.15) is 0 Å². The Morgan fingerprint density at radius 1 is 1.08 bits per heavy atom. The summed E-state index contributed by atoms with van der Waals surface area (Å²) in [5, 5.41) is 6.40. The van der Waals surface area contributed by atoms with Gasteiger partial charge in [-0.05, 0) is 43.4 Å². The van der Waals surface area contributed by atoms with Gasteiger partial charge in [0.05, 0.1) is 0 Å². The quantitative estimate of drug-likeness (QED) is 0.817.